The number of carboxylic acids is 1. The van der Waals surface area contributed by atoms with Crippen molar-refractivity contribution in [2.75, 3.05) is 13.2 Å². The molecule has 1 atom stereocenters. The number of rotatable bonds is 1. The maximum Gasteiger partial charge on any atom is 0.308 e. The van der Waals surface area contributed by atoms with Crippen molar-refractivity contribution in [3.05, 3.63) is 0 Å². The molecule has 1 aliphatic rings. The van der Waals surface area contributed by atoms with E-state index in [0.29, 0.717) is 19.6 Å². The predicted molar refractivity (Wildman–Crippen MR) is 26.6 cm³/mol. The van der Waals surface area contributed by atoms with Crippen molar-refractivity contribution in [1.82, 2.24) is 0 Å². The molecule has 50 valence electrons. The molecule has 0 bridgehead atoms. The van der Waals surface area contributed by atoms with E-state index in [1.807, 2.05) is 0 Å². The van der Waals surface area contributed by atoms with Gasteiger partial charge in [0.05, 0.1) is 12.5 Å². The maximum atomic E-state index is 10.1. The SMILES string of the molecule is O=C(O)C1CCOC1.[Ce]. The summed E-state index contributed by atoms with van der Waals surface area (Å²) in [6, 6.07) is 0. The minimum Gasteiger partial charge on any atom is -0.481 e. The first-order chi connectivity index (χ1) is 3.80. The monoisotopic (exact) mass is 256 g/mol. The van der Waals surface area contributed by atoms with Crippen LogP contribution in [0.2, 0.25) is 0 Å². The summed E-state index contributed by atoms with van der Waals surface area (Å²) in [4.78, 5) is 10.1. The average Bonchev–Trinajstić information content (AvgIpc) is 2.12. The summed E-state index contributed by atoms with van der Waals surface area (Å²) in [5, 5.41) is 8.33. The first kappa shape index (κ1) is 9.81. The van der Waals surface area contributed by atoms with Crippen molar-refractivity contribution in [3.8, 4) is 0 Å². The van der Waals surface area contributed by atoms with Crippen molar-refractivity contribution in [2.24, 2.45) is 5.92 Å². The van der Waals surface area contributed by atoms with Gasteiger partial charge in [-0.1, -0.05) is 0 Å². The Balaban J connectivity index is 0.000000640. The Hall–Kier alpha value is 0.807. The van der Waals surface area contributed by atoms with Crippen molar-refractivity contribution >= 4 is 5.97 Å². The van der Waals surface area contributed by atoms with Crippen molar-refractivity contribution in [2.45, 2.75) is 6.42 Å². The summed E-state index contributed by atoms with van der Waals surface area (Å²) in [6.07, 6.45) is 0.676. The molecule has 0 aromatic rings. The van der Waals surface area contributed by atoms with Crippen LogP contribution in [-0.4, -0.2) is 24.3 Å². The van der Waals surface area contributed by atoms with E-state index in [4.69, 9.17) is 9.84 Å². The maximum absolute atomic E-state index is 10.1. The predicted octanol–water partition coefficient (Wildman–Crippen LogP) is 0.108. The molecule has 1 N–H and O–H groups in total. The van der Waals surface area contributed by atoms with E-state index >= 15 is 0 Å². The fourth-order valence-electron chi connectivity index (χ4n) is 0.729. The van der Waals surface area contributed by atoms with E-state index < -0.39 is 5.97 Å². The van der Waals surface area contributed by atoms with Gasteiger partial charge in [0.15, 0.2) is 0 Å². The van der Waals surface area contributed by atoms with E-state index in [-0.39, 0.29) is 47.7 Å². The standard InChI is InChI=1S/C5H8O3.Ce/c6-5(7)4-1-2-8-3-4;/h4H,1-3H2,(H,6,7);. The number of carboxylic acid groups (broad SMARTS) is 1. The first-order valence-corrected chi connectivity index (χ1v) is 2.61. The van der Waals surface area contributed by atoms with Gasteiger partial charge in [-0.15, -0.1) is 0 Å². The van der Waals surface area contributed by atoms with E-state index in [9.17, 15) is 4.79 Å². The molecule has 0 radical (unpaired) electrons. The fraction of sp³-hybridized carbons (Fsp3) is 0.800. The quantitative estimate of drug-likeness (QED) is 0.724. The second-order valence-electron chi connectivity index (χ2n) is 1.90. The summed E-state index contributed by atoms with van der Waals surface area (Å²) >= 11 is 0. The van der Waals surface area contributed by atoms with Crippen LogP contribution in [0.15, 0.2) is 0 Å². The van der Waals surface area contributed by atoms with Gasteiger partial charge in [-0.05, 0) is 6.42 Å². The van der Waals surface area contributed by atoms with Crippen LogP contribution in [0.25, 0.3) is 0 Å². The van der Waals surface area contributed by atoms with Crippen molar-refractivity contribution in [1.29, 1.82) is 0 Å². The number of aliphatic carboxylic acids is 1. The minimum absolute atomic E-state index is 0. The van der Waals surface area contributed by atoms with Crippen molar-refractivity contribution < 1.29 is 56.4 Å². The van der Waals surface area contributed by atoms with Crippen LogP contribution in [0.1, 0.15) is 6.42 Å². The number of hydrogen-bond donors (Lipinski definition) is 1. The van der Waals surface area contributed by atoms with E-state index in [2.05, 4.69) is 0 Å². The molecule has 0 amide bonds. The topological polar surface area (TPSA) is 46.5 Å². The Labute approximate surface area is 87.1 Å². The number of carbonyl (C=O) groups is 1. The third-order valence-electron chi connectivity index (χ3n) is 1.28. The molecular weight excluding hydrogens is 248 g/mol. The molecule has 1 fully saturated rings. The molecule has 0 spiro atoms. The number of ether oxygens (including phenoxy) is 1. The van der Waals surface area contributed by atoms with Crippen LogP contribution < -0.4 is 0 Å². The molecule has 1 heterocycles. The molecule has 1 rings (SSSR count). The molecule has 0 saturated carbocycles. The van der Waals surface area contributed by atoms with E-state index in [1.54, 1.807) is 0 Å². The van der Waals surface area contributed by atoms with Gasteiger partial charge in [-0.25, -0.2) is 0 Å². The van der Waals surface area contributed by atoms with Gasteiger partial charge in [0.2, 0.25) is 0 Å². The first-order valence-electron chi connectivity index (χ1n) is 2.61. The number of hydrogen-bond acceptors (Lipinski definition) is 2. The van der Waals surface area contributed by atoms with E-state index in [1.165, 1.54) is 0 Å². The van der Waals surface area contributed by atoms with Crippen LogP contribution in [0, 0.1) is 47.7 Å². The zero-order valence-corrected chi connectivity index (χ0v) is 8.10. The molecular formula is C5H8CeO3. The molecule has 4 heteroatoms. The van der Waals surface area contributed by atoms with Gasteiger partial charge in [-0.2, -0.15) is 0 Å². The van der Waals surface area contributed by atoms with Crippen LogP contribution in [0.4, 0.5) is 0 Å². The largest absolute Gasteiger partial charge is 0.481 e. The molecule has 0 aliphatic carbocycles. The molecule has 1 unspecified atom stereocenters. The Bertz CT molecular complexity index is 98.4. The average molecular weight is 256 g/mol. The van der Waals surface area contributed by atoms with E-state index in [0.717, 1.165) is 0 Å². The second-order valence-corrected chi connectivity index (χ2v) is 1.90. The van der Waals surface area contributed by atoms with Gasteiger partial charge in [0, 0.05) is 48.4 Å². The van der Waals surface area contributed by atoms with Gasteiger partial charge in [0.1, 0.15) is 0 Å². The summed E-state index contributed by atoms with van der Waals surface area (Å²) in [5.74, 6) is -0.975. The minimum atomic E-state index is -0.734. The zero-order chi connectivity index (χ0) is 5.98. The van der Waals surface area contributed by atoms with Crippen LogP contribution in [-0.2, 0) is 9.53 Å². The summed E-state index contributed by atoms with van der Waals surface area (Å²) in [7, 11) is 0. The Morgan fingerprint density at radius 1 is 1.67 bits per heavy atom. The molecule has 9 heavy (non-hydrogen) atoms. The summed E-state index contributed by atoms with van der Waals surface area (Å²) in [6.45, 7) is 1.01. The molecule has 0 aromatic heterocycles. The normalized spacial score (nSPS) is 25.1. The third kappa shape index (κ3) is 2.93. The third-order valence-corrected chi connectivity index (χ3v) is 1.28. The van der Waals surface area contributed by atoms with Gasteiger partial charge in [0.25, 0.3) is 0 Å². The van der Waals surface area contributed by atoms with Gasteiger partial charge in [-0.3, -0.25) is 4.79 Å². The summed E-state index contributed by atoms with van der Waals surface area (Å²) in [5.41, 5.74) is 0. The Morgan fingerprint density at radius 3 is 2.56 bits per heavy atom. The summed E-state index contributed by atoms with van der Waals surface area (Å²) < 4.78 is 4.84. The van der Waals surface area contributed by atoms with Gasteiger partial charge < -0.3 is 9.84 Å². The Morgan fingerprint density at radius 2 is 2.33 bits per heavy atom. The second kappa shape index (κ2) is 4.60. The molecule has 0 aromatic carbocycles. The van der Waals surface area contributed by atoms with Crippen LogP contribution >= 0.6 is 0 Å². The van der Waals surface area contributed by atoms with Crippen LogP contribution in [0.3, 0.4) is 0 Å². The molecule has 1 aliphatic heterocycles. The fourth-order valence-corrected chi connectivity index (χ4v) is 0.729. The molecule has 3 nitrogen and oxygen atoms in total. The van der Waals surface area contributed by atoms with Crippen molar-refractivity contribution in [3.63, 3.8) is 0 Å². The molecule has 1 saturated heterocycles. The van der Waals surface area contributed by atoms with Gasteiger partial charge >= 0.3 is 5.97 Å². The Kier molecular flexibility index (Phi) is 5.01. The van der Waals surface area contributed by atoms with Crippen LogP contribution in [0.5, 0.6) is 0 Å². The smallest absolute Gasteiger partial charge is 0.308 e. The zero-order valence-electron chi connectivity index (χ0n) is 4.96.